The van der Waals surface area contributed by atoms with Crippen LogP contribution in [0.25, 0.3) is 0 Å². The molecule has 0 aliphatic rings. The number of carbonyl (C=O) groups excluding carboxylic acids is 2. The van der Waals surface area contributed by atoms with Crippen molar-refractivity contribution < 1.29 is 14.3 Å². The number of ether oxygens (including phenoxy) is 1. The van der Waals surface area contributed by atoms with E-state index < -0.39 is 12.1 Å². The van der Waals surface area contributed by atoms with Crippen LogP contribution >= 0.6 is 11.3 Å². The van der Waals surface area contributed by atoms with Crippen LogP contribution in [0.2, 0.25) is 0 Å². The van der Waals surface area contributed by atoms with Crippen LogP contribution in [-0.4, -0.2) is 34.8 Å². The van der Waals surface area contributed by atoms with Crippen molar-refractivity contribution in [2.75, 3.05) is 11.9 Å². The summed E-state index contributed by atoms with van der Waals surface area (Å²) >= 11 is 1.32. The van der Waals surface area contributed by atoms with Gasteiger partial charge in [0.05, 0.1) is 6.61 Å². The molecule has 0 aliphatic heterocycles. The van der Waals surface area contributed by atoms with Gasteiger partial charge in [-0.2, -0.15) is 0 Å². The Bertz CT molecular complexity index is 461. The van der Waals surface area contributed by atoms with Gasteiger partial charge in [-0.3, -0.25) is 10.1 Å². The number of aromatic nitrogens is 2. The summed E-state index contributed by atoms with van der Waals surface area (Å²) in [5.41, 5.74) is 0. The molecular weight excluding hydrogens is 280 g/mol. The molecule has 8 heteroatoms. The fourth-order valence-electron chi connectivity index (χ4n) is 1.46. The third-order valence-electron chi connectivity index (χ3n) is 2.50. The molecule has 0 radical (unpaired) electrons. The molecule has 7 nitrogen and oxygen atoms in total. The van der Waals surface area contributed by atoms with E-state index in [9.17, 15) is 9.59 Å². The zero-order valence-electron chi connectivity index (χ0n) is 12.1. The Hall–Kier alpha value is -1.70. The molecule has 1 aromatic heterocycles. The largest absolute Gasteiger partial charge is 0.450 e. The minimum absolute atomic E-state index is 0.0713. The molecule has 0 saturated heterocycles. The topological polar surface area (TPSA) is 93.2 Å². The van der Waals surface area contributed by atoms with Crippen molar-refractivity contribution in [3.8, 4) is 0 Å². The van der Waals surface area contributed by atoms with Crippen molar-refractivity contribution in [2.24, 2.45) is 5.92 Å². The van der Waals surface area contributed by atoms with Crippen LogP contribution in [0, 0.1) is 5.92 Å². The number of hydrogen-bond acceptors (Lipinski definition) is 6. The highest BCUT2D eigenvalue weighted by Crippen LogP contribution is 2.16. The van der Waals surface area contributed by atoms with Crippen LogP contribution in [0.5, 0.6) is 0 Å². The first-order chi connectivity index (χ1) is 9.47. The molecule has 0 unspecified atom stereocenters. The maximum absolute atomic E-state index is 12.1. The molecule has 1 aromatic rings. The highest BCUT2D eigenvalue weighted by molar-refractivity contribution is 7.15. The fraction of sp³-hybridized carbons (Fsp3) is 0.667. The van der Waals surface area contributed by atoms with Crippen molar-refractivity contribution in [1.82, 2.24) is 15.5 Å². The van der Waals surface area contributed by atoms with Gasteiger partial charge in [-0.25, -0.2) is 4.79 Å². The van der Waals surface area contributed by atoms with E-state index in [0.29, 0.717) is 5.13 Å². The lowest BCUT2D eigenvalue weighted by atomic mass is 10.0. The maximum Gasteiger partial charge on any atom is 0.407 e. The van der Waals surface area contributed by atoms with Crippen molar-refractivity contribution in [1.29, 1.82) is 0 Å². The molecule has 20 heavy (non-hydrogen) atoms. The zero-order chi connectivity index (χ0) is 15.1. The second kappa shape index (κ2) is 7.78. The van der Waals surface area contributed by atoms with E-state index in [0.717, 1.165) is 11.4 Å². The van der Waals surface area contributed by atoms with Gasteiger partial charge in [-0.15, -0.1) is 10.2 Å². The SMILES string of the molecule is CCOC(=O)N[C@@H](C(=O)Nc1nnc(CC)s1)C(C)C. The number of hydrogen-bond donors (Lipinski definition) is 2. The van der Waals surface area contributed by atoms with Gasteiger partial charge in [0.15, 0.2) is 0 Å². The predicted octanol–water partition coefficient (Wildman–Crippen LogP) is 1.81. The Kier molecular flexibility index (Phi) is 6.37. The van der Waals surface area contributed by atoms with Crippen LogP contribution in [-0.2, 0) is 16.0 Å². The Morgan fingerprint density at radius 1 is 1.30 bits per heavy atom. The average molecular weight is 300 g/mol. The third-order valence-corrected chi connectivity index (χ3v) is 3.48. The summed E-state index contributed by atoms with van der Waals surface area (Å²) in [7, 11) is 0. The van der Waals surface area contributed by atoms with Crippen LogP contribution in [0.15, 0.2) is 0 Å². The summed E-state index contributed by atoms with van der Waals surface area (Å²) in [6.45, 7) is 7.61. The number of anilines is 1. The summed E-state index contributed by atoms with van der Waals surface area (Å²) in [6.07, 6.45) is 0.162. The first-order valence-corrected chi connectivity index (χ1v) is 7.36. The van der Waals surface area contributed by atoms with Gasteiger partial charge < -0.3 is 10.1 Å². The predicted molar refractivity (Wildman–Crippen MR) is 76.7 cm³/mol. The van der Waals surface area contributed by atoms with Gasteiger partial charge in [0, 0.05) is 0 Å². The smallest absolute Gasteiger partial charge is 0.407 e. The molecule has 0 fully saturated rings. The number of alkyl carbamates (subject to hydrolysis) is 1. The summed E-state index contributed by atoms with van der Waals surface area (Å²) in [5.74, 6) is -0.398. The van der Waals surface area contributed by atoms with Crippen LogP contribution < -0.4 is 10.6 Å². The standard InChI is InChI=1S/C12H20N4O3S/c1-5-8-15-16-11(20-8)14-10(17)9(7(3)4)13-12(18)19-6-2/h7,9H,5-6H2,1-4H3,(H,13,18)(H,14,16,17)/t9-/m1/s1. The molecule has 0 bridgehead atoms. The second-order valence-electron chi connectivity index (χ2n) is 4.43. The first kappa shape index (κ1) is 16.4. The van der Waals surface area contributed by atoms with E-state index in [-0.39, 0.29) is 18.4 Å². The summed E-state index contributed by atoms with van der Waals surface area (Å²) < 4.78 is 4.79. The Morgan fingerprint density at radius 3 is 2.50 bits per heavy atom. The van der Waals surface area contributed by atoms with E-state index in [4.69, 9.17) is 4.74 Å². The minimum Gasteiger partial charge on any atom is -0.450 e. The number of nitrogens with zero attached hydrogens (tertiary/aromatic N) is 2. The maximum atomic E-state index is 12.1. The highest BCUT2D eigenvalue weighted by Gasteiger charge is 2.25. The van der Waals surface area contributed by atoms with Crippen LogP contribution in [0.1, 0.15) is 32.7 Å². The summed E-state index contributed by atoms with van der Waals surface area (Å²) in [6, 6.07) is -0.678. The molecular formula is C12H20N4O3S. The number of nitrogens with one attached hydrogen (secondary N) is 2. The summed E-state index contributed by atoms with van der Waals surface area (Å²) in [5, 5.41) is 14.3. The molecule has 0 saturated carbocycles. The number of rotatable bonds is 6. The van der Waals surface area contributed by atoms with E-state index >= 15 is 0 Å². The average Bonchev–Trinajstić information content (AvgIpc) is 2.83. The first-order valence-electron chi connectivity index (χ1n) is 6.54. The normalized spacial score (nSPS) is 12.1. The second-order valence-corrected chi connectivity index (χ2v) is 5.49. The van der Waals surface area contributed by atoms with Crippen molar-refractivity contribution in [3.63, 3.8) is 0 Å². The number of carbonyl (C=O) groups is 2. The Morgan fingerprint density at radius 2 is 2.00 bits per heavy atom. The van der Waals surface area contributed by atoms with Gasteiger partial charge >= 0.3 is 6.09 Å². The van der Waals surface area contributed by atoms with Crippen molar-refractivity contribution in [3.05, 3.63) is 5.01 Å². The quantitative estimate of drug-likeness (QED) is 0.835. The molecule has 0 spiro atoms. The Balaban J connectivity index is 2.66. The third kappa shape index (κ3) is 4.76. The number of amides is 2. The lowest BCUT2D eigenvalue weighted by molar-refractivity contribution is -0.119. The van der Waals surface area contributed by atoms with Crippen LogP contribution in [0.4, 0.5) is 9.93 Å². The molecule has 2 N–H and O–H groups in total. The fourth-order valence-corrected chi connectivity index (χ4v) is 2.15. The van der Waals surface area contributed by atoms with E-state index in [1.54, 1.807) is 6.92 Å². The molecule has 0 aliphatic carbocycles. The van der Waals surface area contributed by atoms with E-state index in [1.165, 1.54) is 11.3 Å². The lowest BCUT2D eigenvalue weighted by Gasteiger charge is -2.20. The molecule has 1 heterocycles. The van der Waals surface area contributed by atoms with E-state index in [1.807, 2.05) is 20.8 Å². The van der Waals surface area contributed by atoms with Crippen molar-refractivity contribution in [2.45, 2.75) is 40.2 Å². The molecule has 2 amide bonds. The number of aryl methyl sites for hydroxylation is 1. The van der Waals surface area contributed by atoms with Gasteiger partial charge in [0.1, 0.15) is 11.0 Å². The van der Waals surface area contributed by atoms with E-state index in [2.05, 4.69) is 20.8 Å². The monoisotopic (exact) mass is 300 g/mol. The molecule has 0 aromatic carbocycles. The Labute approximate surface area is 122 Å². The van der Waals surface area contributed by atoms with Crippen molar-refractivity contribution >= 4 is 28.5 Å². The molecule has 1 rings (SSSR count). The van der Waals surface area contributed by atoms with Gasteiger partial charge in [-0.05, 0) is 19.3 Å². The van der Waals surface area contributed by atoms with Gasteiger partial charge in [-0.1, -0.05) is 32.1 Å². The highest BCUT2D eigenvalue weighted by atomic mass is 32.1. The molecule has 112 valence electrons. The lowest BCUT2D eigenvalue weighted by Crippen LogP contribution is -2.47. The minimum atomic E-state index is -0.678. The summed E-state index contributed by atoms with van der Waals surface area (Å²) in [4.78, 5) is 23.6. The van der Waals surface area contributed by atoms with Gasteiger partial charge in [0.25, 0.3) is 0 Å². The zero-order valence-corrected chi connectivity index (χ0v) is 12.9. The molecule has 1 atom stereocenters. The van der Waals surface area contributed by atoms with Crippen LogP contribution in [0.3, 0.4) is 0 Å². The van der Waals surface area contributed by atoms with Gasteiger partial charge in [0.2, 0.25) is 11.0 Å².